The van der Waals surface area contributed by atoms with Gasteiger partial charge in [-0.15, -0.1) is 0 Å². The molecule has 3 fully saturated rings. The average molecular weight is 569 g/mol. The van der Waals surface area contributed by atoms with Gasteiger partial charge in [0.1, 0.15) is 11.6 Å². The quantitative estimate of drug-likeness (QED) is 0.518. The molecule has 13 heteroatoms. The fourth-order valence-electron chi connectivity index (χ4n) is 5.48. The number of hydrogen-bond acceptors (Lipinski definition) is 6. The van der Waals surface area contributed by atoms with E-state index in [1.807, 2.05) is 24.0 Å². The van der Waals surface area contributed by atoms with Crippen LogP contribution in [0.3, 0.4) is 0 Å². The van der Waals surface area contributed by atoms with Crippen LogP contribution in [0.5, 0.6) is 0 Å². The molecular formula is C27H33F5N6O2. The molecule has 2 atom stereocenters. The predicted octanol–water partition coefficient (Wildman–Crippen LogP) is 4.48. The topological polar surface area (TPSA) is 87.0 Å². The number of aromatic nitrogens is 1. The van der Waals surface area contributed by atoms with Gasteiger partial charge in [0.2, 0.25) is 0 Å². The molecule has 3 aliphatic heterocycles. The summed E-state index contributed by atoms with van der Waals surface area (Å²) in [5.74, 6) is -2.64. The number of ether oxygens (including phenoxy) is 1. The number of hydrogen-bond donors (Lipinski definition) is 2. The summed E-state index contributed by atoms with van der Waals surface area (Å²) in [4.78, 5) is 22.5. The second-order valence-corrected chi connectivity index (χ2v) is 10.8. The summed E-state index contributed by atoms with van der Waals surface area (Å²) >= 11 is 0. The van der Waals surface area contributed by atoms with Gasteiger partial charge in [0.05, 0.1) is 25.8 Å². The van der Waals surface area contributed by atoms with Crippen LogP contribution in [0.15, 0.2) is 30.3 Å². The highest BCUT2D eigenvalue weighted by molar-refractivity contribution is 5.91. The number of carbonyl (C=O) groups is 1. The van der Waals surface area contributed by atoms with Crippen LogP contribution in [0, 0.1) is 12.8 Å². The Balaban J connectivity index is 1.40. The molecule has 0 aliphatic carbocycles. The molecule has 0 saturated carbocycles. The van der Waals surface area contributed by atoms with Gasteiger partial charge in [-0.05, 0) is 60.2 Å². The van der Waals surface area contributed by atoms with E-state index < -0.39 is 43.1 Å². The molecule has 1 aromatic carbocycles. The zero-order valence-corrected chi connectivity index (χ0v) is 22.2. The molecule has 5 rings (SSSR count). The van der Waals surface area contributed by atoms with E-state index in [0.717, 1.165) is 16.7 Å². The minimum atomic E-state index is -4.26. The maximum absolute atomic E-state index is 14.3. The third-order valence-electron chi connectivity index (χ3n) is 7.71. The Morgan fingerprint density at radius 3 is 2.45 bits per heavy atom. The summed E-state index contributed by atoms with van der Waals surface area (Å²) in [6, 6.07) is 7.21. The number of anilines is 3. The number of nitrogens with one attached hydrogen (secondary N) is 1. The number of aryl methyl sites for hydroxylation is 1. The Bertz CT molecular complexity index is 1240. The fraction of sp³-hybridized carbons (Fsp3) is 0.556. The minimum absolute atomic E-state index is 0.0355. The molecule has 3 aliphatic rings. The van der Waals surface area contributed by atoms with Gasteiger partial charge in [0.25, 0.3) is 5.92 Å². The van der Waals surface area contributed by atoms with E-state index >= 15 is 0 Å². The Hall–Kier alpha value is -3.19. The number of rotatable bonds is 5. The van der Waals surface area contributed by atoms with Gasteiger partial charge in [0.15, 0.2) is 0 Å². The van der Waals surface area contributed by atoms with Gasteiger partial charge in [-0.3, -0.25) is 0 Å². The van der Waals surface area contributed by atoms with Crippen molar-refractivity contribution in [3.8, 4) is 11.1 Å². The van der Waals surface area contributed by atoms with Gasteiger partial charge in [-0.25, -0.2) is 18.6 Å². The van der Waals surface area contributed by atoms with Gasteiger partial charge in [-0.1, -0.05) is 6.07 Å². The molecule has 8 nitrogen and oxygen atoms in total. The van der Waals surface area contributed by atoms with Crippen LogP contribution in [0.4, 0.5) is 44.1 Å². The standard InChI is InChI=1S/C27H33F5N6O2/c1-17-2-3-20(34-25(39)37-5-4-18(14-37)13-27(30,31)32)12-21(17)19-10-23(36-6-8-40-9-7-36)35-24(11-19)38-15-22(33)26(28,29)16-38/h2-3,10-12,18,22H,4-9,13-16,33H2,1H3,(H,34,39). The van der Waals surface area contributed by atoms with Crippen molar-refractivity contribution in [2.24, 2.45) is 11.7 Å². The molecule has 2 amide bonds. The number of amides is 2. The highest BCUT2D eigenvalue weighted by Gasteiger charge is 2.46. The van der Waals surface area contributed by atoms with Crippen molar-refractivity contribution in [1.29, 1.82) is 0 Å². The fourth-order valence-corrected chi connectivity index (χ4v) is 5.48. The molecular weight excluding hydrogens is 535 g/mol. The second-order valence-electron chi connectivity index (χ2n) is 10.8. The highest BCUT2D eigenvalue weighted by Crippen LogP contribution is 2.36. The lowest BCUT2D eigenvalue weighted by atomic mass is 10.00. The van der Waals surface area contributed by atoms with Crippen molar-refractivity contribution in [2.75, 3.05) is 67.6 Å². The molecule has 218 valence electrons. The minimum Gasteiger partial charge on any atom is -0.378 e. The zero-order valence-electron chi connectivity index (χ0n) is 22.2. The molecule has 3 N–H and O–H groups in total. The molecule has 0 radical (unpaired) electrons. The first-order valence-corrected chi connectivity index (χ1v) is 13.3. The van der Waals surface area contributed by atoms with E-state index in [2.05, 4.69) is 5.32 Å². The molecule has 0 bridgehead atoms. The molecule has 2 aromatic rings. The van der Waals surface area contributed by atoms with Gasteiger partial charge in [0, 0.05) is 44.8 Å². The molecule has 2 unspecified atom stereocenters. The van der Waals surface area contributed by atoms with Crippen molar-refractivity contribution in [2.45, 2.75) is 37.9 Å². The van der Waals surface area contributed by atoms with Crippen LogP contribution in [0.1, 0.15) is 18.4 Å². The first-order valence-electron chi connectivity index (χ1n) is 13.3. The Kier molecular flexibility index (Phi) is 7.79. The van der Waals surface area contributed by atoms with Crippen molar-refractivity contribution in [3.63, 3.8) is 0 Å². The Labute approximate surface area is 229 Å². The largest absolute Gasteiger partial charge is 0.389 e. The lowest BCUT2D eigenvalue weighted by Gasteiger charge is -2.29. The highest BCUT2D eigenvalue weighted by atomic mass is 19.4. The second kappa shape index (κ2) is 11.0. The smallest absolute Gasteiger partial charge is 0.378 e. The van der Waals surface area contributed by atoms with E-state index in [4.69, 9.17) is 15.5 Å². The number of urea groups is 1. The number of benzene rings is 1. The summed E-state index contributed by atoms with van der Waals surface area (Å²) in [5, 5.41) is 2.81. The lowest BCUT2D eigenvalue weighted by Crippen LogP contribution is -2.38. The number of morpholine rings is 1. The monoisotopic (exact) mass is 568 g/mol. The summed E-state index contributed by atoms with van der Waals surface area (Å²) < 4.78 is 72.4. The lowest BCUT2D eigenvalue weighted by molar-refractivity contribution is -0.143. The summed E-state index contributed by atoms with van der Waals surface area (Å²) in [7, 11) is 0. The van der Waals surface area contributed by atoms with Crippen LogP contribution in [0.2, 0.25) is 0 Å². The number of halogens is 5. The van der Waals surface area contributed by atoms with Gasteiger partial charge >= 0.3 is 12.2 Å². The number of nitrogens with zero attached hydrogens (tertiary/aromatic N) is 4. The normalized spacial score (nSPS) is 23.1. The van der Waals surface area contributed by atoms with Gasteiger partial charge in [-0.2, -0.15) is 13.2 Å². The summed E-state index contributed by atoms with van der Waals surface area (Å²) in [5.41, 5.74) is 8.57. The molecule has 3 saturated heterocycles. The van der Waals surface area contributed by atoms with E-state index in [1.54, 1.807) is 18.2 Å². The maximum Gasteiger partial charge on any atom is 0.389 e. The summed E-state index contributed by atoms with van der Waals surface area (Å²) in [6.07, 6.45) is -4.87. The SMILES string of the molecule is Cc1ccc(NC(=O)N2CCC(CC(F)(F)F)C2)cc1-c1cc(N2CCOCC2)nc(N2CC(N)C(F)(F)C2)c1. The Morgan fingerprint density at radius 1 is 1.10 bits per heavy atom. The molecule has 1 aromatic heterocycles. The number of alkyl halides is 5. The van der Waals surface area contributed by atoms with Crippen molar-refractivity contribution in [3.05, 3.63) is 35.9 Å². The first-order chi connectivity index (χ1) is 18.9. The number of nitrogens with two attached hydrogens (primary N) is 1. The van der Waals surface area contributed by atoms with E-state index in [0.29, 0.717) is 50.0 Å². The molecule has 0 spiro atoms. The van der Waals surface area contributed by atoms with Crippen molar-refractivity contribution < 1.29 is 31.5 Å². The van der Waals surface area contributed by atoms with Crippen LogP contribution in [0.25, 0.3) is 11.1 Å². The van der Waals surface area contributed by atoms with Crippen LogP contribution in [-0.4, -0.2) is 86.5 Å². The third kappa shape index (κ3) is 6.41. The van der Waals surface area contributed by atoms with Crippen LogP contribution >= 0.6 is 0 Å². The van der Waals surface area contributed by atoms with Crippen molar-refractivity contribution in [1.82, 2.24) is 9.88 Å². The Morgan fingerprint density at radius 2 is 1.80 bits per heavy atom. The van der Waals surface area contributed by atoms with Crippen LogP contribution in [-0.2, 0) is 4.74 Å². The van der Waals surface area contributed by atoms with Crippen molar-refractivity contribution >= 4 is 23.4 Å². The average Bonchev–Trinajstić information content (AvgIpc) is 3.47. The number of likely N-dealkylation sites (tertiary alicyclic amines) is 1. The number of pyridine rings is 1. The number of carbonyl (C=O) groups excluding carboxylic acids is 1. The zero-order chi connectivity index (χ0) is 28.7. The predicted molar refractivity (Wildman–Crippen MR) is 142 cm³/mol. The molecule has 40 heavy (non-hydrogen) atoms. The van der Waals surface area contributed by atoms with E-state index in [9.17, 15) is 26.7 Å². The van der Waals surface area contributed by atoms with E-state index in [1.165, 1.54) is 9.80 Å². The third-order valence-corrected chi connectivity index (χ3v) is 7.71. The van der Waals surface area contributed by atoms with Crippen LogP contribution < -0.4 is 20.9 Å². The maximum atomic E-state index is 14.3. The first kappa shape index (κ1) is 28.3. The van der Waals surface area contributed by atoms with E-state index in [-0.39, 0.29) is 19.6 Å². The summed E-state index contributed by atoms with van der Waals surface area (Å²) in [6.45, 7) is 3.88. The molecule has 4 heterocycles. The van der Waals surface area contributed by atoms with Gasteiger partial charge < -0.3 is 30.5 Å².